The zero-order chi connectivity index (χ0) is 19.5. The van der Waals surface area contributed by atoms with Gasteiger partial charge in [-0.25, -0.2) is 4.40 Å². The Morgan fingerprint density at radius 2 is 2.11 bits per heavy atom. The highest BCUT2D eigenvalue weighted by atomic mass is 32.2. The number of fused-ring (bicyclic) bond motifs is 5. The second-order valence-corrected chi connectivity index (χ2v) is 10.7. The van der Waals surface area contributed by atoms with Crippen molar-refractivity contribution in [1.29, 1.82) is 0 Å². The third-order valence-electron chi connectivity index (χ3n) is 5.56. The quantitative estimate of drug-likeness (QED) is 0.479. The van der Waals surface area contributed by atoms with Crippen LogP contribution in [0.15, 0.2) is 22.1 Å². The first-order chi connectivity index (χ1) is 12.7. The molecule has 1 aliphatic carbocycles. The van der Waals surface area contributed by atoms with Crippen molar-refractivity contribution in [1.82, 2.24) is 19.2 Å². The molecule has 0 N–H and O–H groups in total. The van der Waals surface area contributed by atoms with E-state index >= 15 is 0 Å². The summed E-state index contributed by atoms with van der Waals surface area (Å²) in [6.45, 7) is 13.0. The normalized spacial score (nSPS) is 17.6. The van der Waals surface area contributed by atoms with Crippen LogP contribution >= 0.6 is 23.1 Å². The molecule has 5 nitrogen and oxygen atoms in total. The van der Waals surface area contributed by atoms with Crippen molar-refractivity contribution >= 4 is 39.1 Å². The Bertz CT molecular complexity index is 1110. The van der Waals surface area contributed by atoms with Crippen molar-refractivity contribution < 1.29 is 0 Å². The Morgan fingerprint density at radius 1 is 1.37 bits per heavy atom. The summed E-state index contributed by atoms with van der Waals surface area (Å²) in [5, 5.41) is 10.4. The molecule has 0 amide bonds. The molecule has 4 rings (SSSR count). The molecule has 3 aromatic rings. The van der Waals surface area contributed by atoms with Crippen LogP contribution in [0.5, 0.6) is 0 Å². The predicted octanol–water partition coefficient (Wildman–Crippen LogP) is 4.46. The molecule has 0 fully saturated rings. The van der Waals surface area contributed by atoms with E-state index in [9.17, 15) is 4.79 Å². The van der Waals surface area contributed by atoms with Crippen LogP contribution in [-0.2, 0) is 19.9 Å². The van der Waals surface area contributed by atoms with Gasteiger partial charge < -0.3 is 0 Å². The lowest BCUT2D eigenvalue weighted by atomic mass is 9.72. The van der Waals surface area contributed by atoms with Gasteiger partial charge in [0.1, 0.15) is 4.83 Å². The zero-order valence-electron chi connectivity index (χ0n) is 16.6. The molecule has 0 unspecified atom stereocenters. The molecular weight excluding hydrogens is 376 g/mol. The van der Waals surface area contributed by atoms with Gasteiger partial charge in [-0.3, -0.25) is 9.36 Å². The van der Waals surface area contributed by atoms with Crippen LogP contribution in [0, 0.1) is 11.3 Å². The number of aromatic nitrogens is 4. The van der Waals surface area contributed by atoms with E-state index in [4.69, 9.17) is 0 Å². The summed E-state index contributed by atoms with van der Waals surface area (Å²) in [6.07, 6.45) is 3.18. The second-order valence-electron chi connectivity index (χ2n) is 8.72. The molecule has 27 heavy (non-hydrogen) atoms. The fourth-order valence-corrected chi connectivity index (χ4v) is 6.14. The minimum atomic E-state index is 0.0491. The first kappa shape index (κ1) is 18.7. The van der Waals surface area contributed by atoms with Gasteiger partial charge in [0, 0.05) is 17.7 Å². The first-order valence-electron chi connectivity index (χ1n) is 9.34. The van der Waals surface area contributed by atoms with Gasteiger partial charge in [0.2, 0.25) is 5.78 Å². The van der Waals surface area contributed by atoms with Gasteiger partial charge in [0.15, 0.2) is 5.16 Å². The Kier molecular flexibility index (Phi) is 4.50. The average molecular weight is 403 g/mol. The van der Waals surface area contributed by atoms with Crippen LogP contribution in [-0.4, -0.2) is 24.9 Å². The molecule has 3 aromatic heterocycles. The standard InChI is InChI=1S/C20H26N4OS2/c1-11(2)10-26-19-22-21-18-23(6)16(25)15-13-8-7-12(20(3,4)5)9-14(13)27-17(15)24(18)19/h12H,1,7-10H2,2-6H3/t12-/m0/s1. The molecule has 1 atom stereocenters. The Labute approximate surface area is 167 Å². The van der Waals surface area contributed by atoms with Crippen LogP contribution in [0.1, 0.15) is 44.6 Å². The summed E-state index contributed by atoms with van der Waals surface area (Å²) in [4.78, 5) is 15.5. The molecule has 7 heteroatoms. The minimum absolute atomic E-state index is 0.0491. The highest BCUT2D eigenvalue weighted by molar-refractivity contribution is 7.99. The van der Waals surface area contributed by atoms with Crippen molar-refractivity contribution in [3.05, 3.63) is 32.9 Å². The number of nitrogens with zero attached hydrogens (tertiary/aromatic N) is 4. The SMILES string of the molecule is C=C(C)CSc1nnc2n(C)c(=O)c3c4c(sc3n12)C[C@@H](C(C)(C)C)CC4. The second kappa shape index (κ2) is 6.48. The molecule has 144 valence electrons. The maximum absolute atomic E-state index is 13.1. The topological polar surface area (TPSA) is 52.2 Å². The highest BCUT2D eigenvalue weighted by Crippen LogP contribution is 2.43. The molecule has 3 heterocycles. The molecule has 1 aliphatic rings. The van der Waals surface area contributed by atoms with Crippen LogP contribution in [0.3, 0.4) is 0 Å². The van der Waals surface area contributed by atoms with E-state index in [-0.39, 0.29) is 11.0 Å². The Hall–Kier alpha value is -1.60. The van der Waals surface area contributed by atoms with Crippen LogP contribution in [0.4, 0.5) is 0 Å². The van der Waals surface area contributed by atoms with Gasteiger partial charge >= 0.3 is 0 Å². The number of hydrogen-bond acceptors (Lipinski definition) is 5. The summed E-state index contributed by atoms with van der Waals surface area (Å²) in [6, 6.07) is 0. The number of thiophene rings is 1. The van der Waals surface area contributed by atoms with Crippen molar-refractivity contribution in [2.75, 3.05) is 5.75 Å². The lowest BCUT2D eigenvalue weighted by molar-refractivity contribution is 0.218. The van der Waals surface area contributed by atoms with Crippen molar-refractivity contribution in [2.24, 2.45) is 18.4 Å². The van der Waals surface area contributed by atoms with E-state index in [0.717, 1.165) is 46.0 Å². The van der Waals surface area contributed by atoms with Gasteiger partial charge in [0.25, 0.3) is 5.56 Å². The summed E-state index contributed by atoms with van der Waals surface area (Å²) < 4.78 is 3.71. The first-order valence-corrected chi connectivity index (χ1v) is 11.1. The summed E-state index contributed by atoms with van der Waals surface area (Å²) in [7, 11) is 1.80. The average Bonchev–Trinajstić information content (AvgIpc) is 3.17. The van der Waals surface area contributed by atoms with Crippen LogP contribution in [0.25, 0.3) is 16.0 Å². The summed E-state index contributed by atoms with van der Waals surface area (Å²) in [5.74, 6) is 2.06. The molecule has 0 bridgehead atoms. The van der Waals surface area contributed by atoms with Crippen LogP contribution < -0.4 is 5.56 Å². The highest BCUT2D eigenvalue weighted by Gasteiger charge is 2.32. The van der Waals surface area contributed by atoms with E-state index in [1.807, 2.05) is 6.92 Å². The fraction of sp³-hybridized carbons (Fsp3) is 0.550. The van der Waals surface area contributed by atoms with E-state index in [1.165, 1.54) is 10.4 Å². The lowest BCUT2D eigenvalue weighted by Gasteiger charge is -2.33. The molecule has 0 aliphatic heterocycles. The van der Waals surface area contributed by atoms with Crippen molar-refractivity contribution in [3.8, 4) is 0 Å². The van der Waals surface area contributed by atoms with Gasteiger partial charge in [0.05, 0.1) is 5.39 Å². The molecule has 0 saturated heterocycles. The molecular formula is C20H26N4OS2. The number of aryl methyl sites for hydroxylation is 2. The van der Waals surface area contributed by atoms with Gasteiger partial charge in [-0.2, -0.15) is 0 Å². The number of thioether (sulfide) groups is 1. The Morgan fingerprint density at radius 3 is 2.78 bits per heavy atom. The van der Waals surface area contributed by atoms with Crippen molar-refractivity contribution in [3.63, 3.8) is 0 Å². The summed E-state index contributed by atoms with van der Waals surface area (Å²) >= 11 is 3.38. The number of hydrogen-bond donors (Lipinski definition) is 0. The zero-order valence-corrected chi connectivity index (χ0v) is 18.3. The molecule has 0 saturated carbocycles. The maximum atomic E-state index is 13.1. The monoisotopic (exact) mass is 402 g/mol. The summed E-state index contributed by atoms with van der Waals surface area (Å²) in [5.41, 5.74) is 2.68. The lowest BCUT2D eigenvalue weighted by Crippen LogP contribution is -2.27. The largest absolute Gasteiger partial charge is 0.279 e. The fourth-order valence-electron chi connectivity index (χ4n) is 3.89. The third kappa shape index (κ3) is 3.05. The smallest absolute Gasteiger partial charge is 0.263 e. The van der Waals surface area contributed by atoms with Gasteiger partial charge in [-0.15, -0.1) is 21.5 Å². The van der Waals surface area contributed by atoms with E-state index < -0.39 is 0 Å². The number of rotatable bonds is 3. The third-order valence-corrected chi connectivity index (χ3v) is 7.96. The van der Waals surface area contributed by atoms with Crippen molar-refractivity contribution in [2.45, 2.75) is 52.1 Å². The van der Waals surface area contributed by atoms with Gasteiger partial charge in [-0.05, 0) is 43.1 Å². The van der Waals surface area contributed by atoms with Gasteiger partial charge in [-0.1, -0.05) is 44.7 Å². The van der Waals surface area contributed by atoms with Crippen LogP contribution in [0.2, 0.25) is 0 Å². The van der Waals surface area contributed by atoms with E-state index in [0.29, 0.717) is 11.7 Å². The Balaban J connectivity index is 1.94. The predicted molar refractivity (Wildman–Crippen MR) is 114 cm³/mol. The molecule has 0 spiro atoms. The molecule has 0 aromatic carbocycles. The molecule has 0 radical (unpaired) electrons. The van der Waals surface area contributed by atoms with E-state index in [2.05, 4.69) is 41.9 Å². The van der Waals surface area contributed by atoms with E-state index in [1.54, 1.807) is 34.7 Å². The maximum Gasteiger partial charge on any atom is 0.263 e. The minimum Gasteiger partial charge on any atom is -0.279 e.